The van der Waals surface area contributed by atoms with Crippen molar-refractivity contribution in [1.82, 2.24) is 15.2 Å². The standard InChI is InChI=1S/C10H14N4OS/c1-6(2)9-12-8(5-16-9)4-11-10-14-13-7(3)15-10/h5-6H,4H2,1-3H3,(H,11,14). The molecule has 16 heavy (non-hydrogen) atoms. The van der Waals surface area contributed by atoms with Gasteiger partial charge in [-0.15, -0.1) is 16.4 Å². The van der Waals surface area contributed by atoms with Crippen LogP contribution in [0.5, 0.6) is 0 Å². The molecule has 86 valence electrons. The van der Waals surface area contributed by atoms with Gasteiger partial charge >= 0.3 is 6.01 Å². The van der Waals surface area contributed by atoms with Crippen LogP contribution >= 0.6 is 11.3 Å². The molecule has 0 saturated heterocycles. The Hall–Kier alpha value is -1.43. The normalized spacial score (nSPS) is 11.0. The molecule has 0 radical (unpaired) electrons. The van der Waals surface area contributed by atoms with Gasteiger partial charge in [0.1, 0.15) is 0 Å². The van der Waals surface area contributed by atoms with Gasteiger partial charge in [-0.2, -0.15) is 0 Å². The van der Waals surface area contributed by atoms with Gasteiger partial charge in [0.05, 0.1) is 17.2 Å². The number of rotatable bonds is 4. The van der Waals surface area contributed by atoms with Crippen LogP contribution in [0.4, 0.5) is 6.01 Å². The summed E-state index contributed by atoms with van der Waals surface area (Å²) in [4.78, 5) is 4.50. The van der Waals surface area contributed by atoms with Crippen LogP contribution in [-0.4, -0.2) is 15.2 Å². The Morgan fingerprint density at radius 2 is 2.25 bits per heavy atom. The van der Waals surface area contributed by atoms with Crippen LogP contribution in [0, 0.1) is 6.92 Å². The van der Waals surface area contributed by atoms with Crippen LogP contribution in [0.3, 0.4) is 0 Å². The molecule has 0 bridgehead atoms. The highest BCUT2D eigenvalue weighted by molar-refractivity contribution is 7.09. The van der Waals surface area contributed by atoms with Crippen molar-refractivity contribution in [2.45, 2.75) is 33.2 Å². The van der Waals surface area contributed by atoms with E-state index < -0.39 is 0 Å². The third-order valence-electron chi connectivity index (χ3n) is 2.01. The average molecular weight is 238 g/mol. The molecule has 0 aliphatic heterocycles. The first-order valence-corrected chi connectivity index (χ1v) is 6.01. The Labute approximate surface area is 97.9 Å². The smallest absolute Gasteiger partial charge is 0.315 e. The highest BCUT2D eigenvalue weighted by atomic mass is 32.1. The third-order valence-corrected chi connectivity index (χ3v) is 3.20. The van der Waals surface area contributed by atoms with Gasteiger partial charge in [0, 0.05) is 18.2 Å². The SMILES string of the molecule is Cc1nnc(NCc2csc(C(C)C)n2)o1. The van der Waals surface area contributed by atoms with Gasteiger partial charge in [-0.1, -0.05) is 18.9 Å². The summed E-state index contributed by atoms with van der Waals surface area (Å²) in [5.74, 6) is 1.04. The van der Waals surface area contributed by atoms with E-state index in [2.05, 4.69) is 34.3 Å². The van der Waals surface area contributed by atoms with Crippen molar-refractivity contribution in [2.75, 3.05) is 5.32 Å². The maximum absolute atomic E-state index is 5.20. The lowest BCUT2D eigenvalue weighted by atomic mass is 10.2. The summed E-state index contributed by atoms with van der Waals surface area (Å²) < 4.78 is 5.20. The molecule has 2 rings (SSSR count). The van der Waals surface area contributed by atoms with Crippen molar-refractivity contribution < 1.29 is 4.42 Å². The maximum atomic E-state index is 5.20. The number of aryl methyl sites for hydroxylation is 1. The lowest BCUT2D eigenvalue weighted by Crippen LogP contribution is -2.00. The molecule has 0 saturated carbocycles. The number of nitrogens with one attached hydrogen (secondary N) is 1. The summed E-state index contributed by atoms with van der Waals surface area (Å²) in [6, 6.07) is 0.441. The second kappa shape index (κ2) is 4.61. The van der Waals surface area contributed by atoms with Gasteiger partial charge in [-0.25, -0.2) is 4.98 Å². The largest absolute Gasteiger partial charge is 0.408 e. The molecule has 0 amide bonds. The van der Waals surface area contributed by atoms with E-state index in [4.69, 9.17) is 4.42 Å². The van der Waals surface area contributed by atoms with Gasteiger partial charge in [0.2, 0.25) is 5.89 Å². The Balaban J connectivity index is 1.94. The van der Waals surface area contributed by atoms with Crippen molar-refractivity contribution in [3.63, 3.8) is 0 Å². The van der Waals surface area contributed by atoms with Crippen LogP contribution in [0.15, 0.2) is 9.80 Å². The molecular formula is C10H14N4OS. The molecule has 0 atom stereocenters. The first-order valence-electron chi connectivity index (χ1n) is 5.13. The number of hydrogen-bond donors (Lipinski definition) is 1. The van der Waals surface area contributed by atoms with Crippen LogP contribution in [0.1, 0.15) is 36.4 Å². The van der Waals surface area contributed by atoms with Crippen molar-refractivity contribution >= 4 is 17.4 Å². The van der Waals surface area contributed by atoms with E-state index in [0.717, 1.165) is 10.7 Å². The van der Waals surface area contributed by atoms with Crippen molar-refractivity contribution in [2.24, 2.45) is 0 Å². The van der Waals surface area contributed by atoms with E-state index >= 15 is 0 Å². The monoisotopic (exact) mass is 238 g/mol. The van der Waals surface area contributed by atoms with E-state index in [1.165, 1.54) is 0 Å². The zero-order valence-corrected chi connectivity index (χ0v) is 10.3. The van der Waals surface area contributed by atoms with E-state index in [0.29, 0.717) is 24.4 Å². The summed E-state index contributed by atoms with van der Waals surface area (Å²) >= 11 is 1.68. The van der Waals surface area contributed by atoms with E-state index in [9.17, 15) is 0 Å². The molecule has 1 N–H and O–H groups in total. The summed E-state index contributed by atoms with van der Waals surface area (Å²) in [5.41, 5.74) is 1.00. The molecule has 2 heterocycles. The highest BCUT2D eigenvalue weighted by Gasteiger charge is 2.07. The molecule has 2 aromatic rings. The molecule has 0 aliphatic carbocycles. The lowest BCUT2D eigenvalue weighted by Gasteiger charge is -1.98. The van der Waals surface area contributed by atoms with Crippen LogP contribution in [0.25, 0.3) is 0 Å². The molecule has 2 aromatic heterocycles. The average Bonchev–Trinajstić information content (AvgIpc) is 2.83. The minimum Gasteiger partial charge on any atom is -0.408 e. The van der Waals surface area contributed by atoms with E-state index in [1.54, 1.807) is 18.3 Å². The van der Waals surface area contributed by atoms with E-state index in [1.807, 2.05) is 5.38 Å². The Kier molecular flexibility index (Phi) is 3.19. The molecule has 0 aromatic carbocycles. The van der Waals surface area contributed by atoms with Gasteiger partial charge < -0.3 is 9.73 Å². The predicted molar refractivity (Wildman–Crippen MR) is 62.6 cm³/mol. The molecule has 0 fully saturated rings. The topological polar surface area (TPSA) is 63.8 Å². The highest BCUT2D eigenvalue weighted by Crippen LogP contribution is 2.19. The summed E-state index contributed by atoms with van der Waals surface area (Å²) in [6.45, 7) is 6.65. The van der Waals surface area contributed by atoms with Gasteiger partial charge in [0.15, 0.2) is 0 Å². The first kappa shape index (κ1) is 11.1. The van der Waals surface area contributed by atoms with Crippen molar-refractivity contribution in [3.05, 3.63) is 22.0 Å². The van der Waals surface area contributed by atoms with Gasteiger partial charge in [0.25, 0.3) is 0 Å². The van der Waals surface area contributed by atoms with Gasteiger partial charge in [-0.3, -0.25) is 0 Å². The van der Waals surface area contributed by atoms with Crippen LogP contribution < -0.4 is 5.32 Å². The number of nitrogens with zero attached hydrogens (tertiary/aromatic N) is 3. The quantitative estimate of drug-likeness (QED) is 0.886. The number of thiazole rings is 1. The Morgan fingerprint density at radius 3 is 2.81 bits per heavy atom. The zero-order chi connectivity index (χ0) is 11.5. The number of aromatic nitrogens is 3. The Bertz CT molecular complexity index is 463. The fourth-order valence-corrected chi connectivity index (χ4v) is 2.04. The minimum absolute atomic E-state index is 0.441. The minimum atomic E-state index is 0.441. The second-order valence-electron chi connectivity index (χ2n) is 3.81. The fourth-order valence-electron chi connectivity index (χ4n) is 1.20. The third kappa shape index (κ3) is 2.57. The van der Waals surface area contributed by atoms with Crippen LogP contribution in [0.2, 0.25) is 0 Å². The first-order chi connectivity index (χ1) is 7.65. The molecule has 6 heteroatoms. The number of anilines is 1. The molecule has 0 spiro atoms. The fraction of sp³-hybridized carbons (Fsp3) is 0.500. The van der Waals surface area contributed by atoms with Crippen LogP contribution in [-0.2, 0) is 6.54 Å². The predicted octanol–water partition coefficient (Wildman–Crippen LogP) is 2.57. The zero-order valence-electron chi connectivity index (χ0n) is 9.52. The summed E-state index contributed by atoms with van der Waals surface area (Å²) in [7, 11) is 0. The second-order valence-corrected chi connectivity index (χ2v) is 4.70. The van der Waals surface area contributed by atoms with E-state index in [-0.39, 0.29) is 0 Å². The molecular weight excluding hydrogens is 224 g/mol. The molecule has 5 nitrogen and oxygen atoms in total. The molecule has 0 unspecified atom stereocenters. The summed E-state index contributed by atoms with van der Waals surface area (Å²) in [6.07, 6.45) is 0. The summed E-state index contributed by atoms with van der Waals surface area (Å²) in [5, 5.41) is 13.8. The maximum Gasteiger partial charge on any atom is 0.315 e. The van der Waals surface area contributed by atoms with Crippen molar-refractivity contribution in [1.29, 1.82) is 0 Å². The Morgan fingerprint density at radius 1 is 1.44 bits per heavy atom. The molecule has 0 aliphatic rings. The van der Waals surface area contributed by atoms with Crippen molar-refractivity contribution in [3.8, 4) is 0 Å². The lowest BCUT2D eigenvalue weighted by molar-refractivity contribution is 0.530. The van der Waals surface area contributed by atoms with Gasteiger partial charge in [-0.05, 0) is 0 Å². The number of hydrogen-bond acceptors (Lipinski definition) is 6.